The Bertz CT molecular complexity index is 1670. The zero-order valence-corrected chi connectivity index (χ0v) is 23.3. The quantitative estimate of drug-likeness (QED) is 0.231. The number of fused-ring (bicyclic) bond motifs is 1. The summed E-state index contributed by atoms with van der Waals surface area (Å²) in [4.78, 5) is 35.2. The smallest absolute Gasteiger partial charge is 0.493 e. The minimum Gasteiger partial charge on any atom is -0.495 e. The summed E-state index contributed by atoms with van der Waals surface area (Å²) in [6, 6.07) is 19.3. The van der Waals surface area contributed by atoms with Crippen LogP contribution < -0.4 is 4.74 Å². The van der Waals surface area contributed by atoms with Crippen molar-refractivity contribution in [2.45, 2.75) is 38.1 Å². The van der Waals surface area contributed by atoms with Crippen molar-refractivity contribution in [3.63, 3.8) is 0 Å². The van der Waals surface area contributed by atoms with Gasteiger partial charge in [-0.2, -0.15) is 18.2 Å². The molecule has 0 saturated heterocycles. The maximum atomic E-state index is 14.2. The van der Waals surface area contributed by atoms with Gasteiger partial charge in [-0.15, -0.1) is 0 Å². The number of aryl methyl sites for hydroxylation is 1. The summed E-state index contributed by atoms with van der Waals surface area (Å²) in [6.45, 7) is 1.85. The molecular weight excluding hydrogens is 563 g/mol. The van der Waals surface area contributed by atoms with Gasteiger partial charge < -0.3 is 19.2 Å². The highest BCUT2D eigenvalue weighted by Gasteiger charge is 2.47. The van der Waals surface area contributed by atoms with Crippen LogP contribution >= 0.6 is 0 Å². The number of amides is 1. The molecule has 0 saturated carbocycles. The number of benzene rings is 3. The third-order valence-electron chi connectivity index (χ3n) is 7.08. The molecule has 0 bridgehead atoms. The molecule has 222 valence electrons. The number of carbonyl (C=O) groups excluding carboxylic acids is 2. The molecule has 2 atom stereocenters. The van der Waals surface area contributed by atoms with Gasteiger partial charge in [-0.05, 0) is 47.4 Å². The molecule has 0 spiro atoms. The molecule has 4 aromatic rings. The van der Waals surface area contributed by atoms with Crippen LogP contribution in [-0.2, 0) is 27.3 Å². The van der Waals surface area contributed by atoms with Gasteiger partial charge in [0.2, 0.25) is 0 Å². The number of halogens is 3. The van der Waals surface area contributed by atoms with Crippen LogP contribution in [0.1, 0.15) is 34.0 Å². The highest BCUT2D eigenvalue weighted by molar-refractivity contribution is 5.99. The van der Waals surface area contributed by atoms with Gasteiger partial charge in [-0.25, -0.2) is 9.78 Å². The summed E-state index contributed by atoms with van der Waals surface area (Å²) in [6.07, 6.45) is -1.67. The highest BCUT2D eigenvalue weighted by Crippen LogP contribution is 2.38. The third-order valence-corrected chi connectivity index (χ3v) is 7.08. The topological polar surface area (TPSA) is 93.9 Å². The van der Waals surface area contributed by atoms with Crippen LogP contribution in [-0.4, -0.2) is 51.0 Å². The third kappa shape index (κ3) is 6.46. The molecule has 5 rings (SSSR count). The van der Waals surface area contributed by atoms with Crippen molar-refractivity contribution in [2.75, 3.05) is 7.11 Å². The minimum atomic E-state index is -5.38. The Morgan fingerprint density at radius 1 is 1.09 bits per heavy atom. The number of alkyl halides is 3. The zero-order chi connectivity index (χ0) is 30.7. The molecular formula is C32H28F3N3O5. The first-order valence-electron chi connectivity index (χ1n) is 13.4. The summed E-state index contributed by atoms with van der Waals surface area (Å²) in [5.41, 5.74) is 3.71. The fourth-order valence-electron chi connectivity index (χ4n) is 5.10. The second-order valence-corrected chi connectivity index (χ2v) is 10.1. The van der Waals surface area contributed by atoms with Crippen LogP contribution in [0.4, 0.5) is 13.2 Å². The van der Waals surface area contributed by atoms with E-state index in [0.717, 1.165) is 5.69 Å². The maximum absolute atomic E-state index is 14.2. The van der Waals surface area contributed by atoms with Crippen molar-refractivity contribution < 1.29 is 37.4 Å². The summed E-state index contributed by atoms with van der Waals surface area (Å²) >= 11 is 0. The monoisotopic (exact) mass is 591 g/mol. The molecule has 0 fully saturated rings. The van der Waals surface area contributed by atoms with Gasteiger partial charge in [0.25, 0.3) is 5.91 Å². The Hall–Kier alpha value is -4.90. The van der Waals surface area contributed by atoms with E-state index in [0.29, 0.717) is 38.8 Å². The molecule has 1 heterocycles. The van der Waals surface area contributed by atoms with Crippen molar-refractivity contribution >= 4 is 18.0 Å². The summed E-state index contributed by atoms with van der Waals surface area (Å²) in [5, 5.41) is 11.3. The van der Waals surface area contributed by atoms with Gasteiger partial charge in [0.05, 0.1) is 30.9 Å². The SMILES string of the molecule is COc1cc(/C=C(\Cc2ccccc2)C(=O)N(OC(=O)C(F)(F)F)[C@@H]2c3ccccc3C[C@@H]2O)ccc1-n1cnc(C)c1. The van der Waals surface area contributed by atoms with Gasteiger partial charge in [0.15, 0.2) is 0 Å². The maximum Gasteiger partial charge on any atom is 0.493 e. The first kappa shape index (κ1) is 29.6. The van der Waals surface area contributed by atoms with E-state index in [9.17, 15) is 27.9 Å². The Labute approximate surface area is 245 Å². The summed E-state index contributed by atoms with van der Waals surface area (Å²) in [7, 11) is 1.49. The number of methoxy groups -OCH3 is 1. The molecule has 1 aliphatic rings. The van der Waals surface area contributed by atoms with Gasteiger partial charge in [0, 0.05) is 24.6 Å². The Balaban J connectivity index is 1.60. The van der Waals surface area contributed by atoms with E-state index >= 15 is 0 Å². The lowest BCUT2D eigenvalue weighted by atomic mass is 10.00. The summed E-state index contributed by atoms with van der Waals surface area (Å²) in [5.74, 6) is -3.12. The highest BCUT2D eigenvalue weighted by atomic mass is 19.4. The number of nitrogens with zero attached hydrogens (tertiary/aromatic N) is 3. The molecule has 1 aliphatic carbocycles. The largest absolute Gasteiger partial charge is 0.495 e. The second-order valence-electron chi connectivity index (χ2n) is 10.1. The average molecular weight is 592 g/mol. The number of aliphatic hydroxyl groups excluding tert-OH is 1. The van der Waals surface area contributed by atoms with Crippen LogP contribution in [0.25, 0.3) is 11.8 Å². The molecule has 43 heavy (non-hydrogen) atoms. The molecule has 0 radical (unpaired) electrons. The molecule has 0 unspecified atom stereocenters. The minimum absolute atomic E-state index is 0.00497. The van der Waals surface area contributed by atoms with Crippen molar-refractivity contribution in [3.8, 4) is 11.4 Å². The van der Waals surface area contributed by atoms with Crippen molar-refractivity contribution in [1.82, 2.24) is 14.6 Å². The zero-order valence-electron chi connectivity index (χ0n) is 23.3. The van der Waals surface area contributed by atoms with Gasteiger partial charge >= 0.3 is 12.1 Å². The number of aromatic nitrogens is 2. The van der Waals surface area contributed by atoms with Crippen LogP contribution in [0.2, 0.25) is 0 Å². The number of imidazole rings is 1. The van der Waals surface area contributed by atoms with E-state index in [1.165, 1.54) is 13.2 Å². The molecule has 1 aromatic heterocycles. The van der Waals surface area contributed by atoms with Crippen molar-refractivity contribution in [1.29, 1.82) is 0 Å². The van der Waals surface area contributed by atoms with Crippen LogP contribution in [0, 0.1) is 6.92 Å². The Morgan fingerprint density at radius 3 is 2.49 bits per heavy atom. The van der Waals surface area contributed by atoms with Gasteiger partial charge in [0.1, 0.15) is 11.8 Å². The average Bonchev–Trinajstić information content (AvgIpc) is 3.57. The van der Waals surface area contributed by atoms with Crippen molar-refractivity contribution in [3.05, 3.63) is 119 Å². The molecule has 11 heteroatoms. The Morgan fingerprint density at radius 2 is 1.81 bits per heavy atom. The van der Waals surface area contributed by atoms with E-state index in [4.69, 9.17) is 9.57 Å². The molecule has 8 nitrogen and oxygen atoms in total. The lowest BCUT2D eigenvalue weighted by Gasteiger charge is -2.30. The van der Waals surface area contributed by atoms with Crippen molar-refractivity contribution in [2.24, 2.45) is 0 Å². The van der Waals surface area contributed by atoms with Crippen LogP contribution in [0.15, 0.2) is 90.9 Å². The molecule has 3 aromatic carbocycles. The van der Waals surface area contributed by atoms with Crippen LogP contribution in [0.5, 0.6) is 5.75 Å². The standard InChI is InChI=1S/C32H28F3N3O5/c1-20-18-37(19-36-20)26-13-12-22(16-28(26)42-2)15-24(14-21-8-4-3-5-9-21)30(40)38(43-31(41)32(33,34)35)29-25-11-7-6-10-23(25)17-27(29)39/h3-13,15-16,18-19,27,29,39H,14,17H2,1-2H3/b24-15+/t27-,29+/m0/s1. The van der Waals surface area contributed by atoms with E-state index < -0.39 is 30.2 Å². The number of carbonyl (C=O) groups is 2. The normalized spacial score (nSPS) is 16.5. The first-order valence-corrected chi connectivity index (χ1v) is 13.4. The fourth-order valence-corrected chi connectivity index (χ4v) is 5.10. The number of rotatable bonds is 7. The van der Waals surface area contributed by atoms with E-state index in [1.54, 1.807) is 83.7 Å². The number of hydroxylamine groups is 2. The molecule has 1 N–H and O–H groups in total. The number of hydrogen-bond donors (Lipinski definition) is 1. The number of ether oxygens (including phenoxy) is 1. The lowest BCUT2D eigenvalue weighted by molar-refractivity contribution is -0.247. The Kier molecular flexibility index (Phi) is 8.36. The van der Waals surface area contributed by atoms with Gasteiger partial charge in [-0.3, -0.25) is 4.79 Å². The number of hydrogen-bond acceptors (Lipinski definition) is 6. The summed E-state index contributed by atoms with van der Waals surface area (Å²) < 4.78 is 47.6. The fraction of sp³-hybridized carbons (Fsp3) is 0.219. The molecule has 1 amide bonds. The number of aliphatic hydroxyl groups is 1. The van der Waals surface area contributed by atoms with Gasteiger partial charge in [-0.1, -0.05) is 60.7 Å². The lowest BCUT2D eigenvalue weighted by Crippen LogP contribution is -2.44. The van der Waals surface area contributed by atoms with Crippen LogP contribution in [0.3, 0.4) is 0 Å². The first-order chi connectivity index (χ1) is 20.5. The predicted octanol–water partition coefficient (Wildman–Crippen LogP) is 5.32. The second kappa shape index (κ2) is 12.1. The van der Waals surface area contributed by atoms with E-state index in [-0.39, 0.29) is 18.4 Å². The predicted molar refractivity (Wildman–Crippen MR) is 151 cm³/mol. The molecule has 0 aliphatic heterocycles. The van der Waals surface area contributed by atoms with E-state index in [2.05, 4.69) is 4.98 Å². The van der Waals surface area contributed by atoms with E-state index in [1.807, 2.05) is 13.1 Å².